The number of hydrogen-bond donors (Lipinski definition) is 0. The summed E-state index contributed by atoms with van der Waals surface area (Å²) in [6, 6.07) is 72.4. The molecule has 0 heteroatoms. The summed E-state index contributed by atoms with van der Waals surface area (Å²) in [5.41, 5.74) is 0. The van der Waals surface area contributed by atoms with Crippen molar-refractivity contribution < 1.29 is 0 Å². The maximum absolute atomic E-state index is 2.65. The van der Waals surface area contributed by atoms with Crippen LogP contribution in [0.4, 0.5) is 0 Å². The number of hydrogen-bond acceptors (Lipinski definition) is 0. The molecule has 0 saturated heterocycles. The fourth-order valence-electron chi connectivity index (χ4n) is 19.2. The zero-order chi connectivity index (χ0) is 48.9. The van der Waals surface area contributed by atoms with Gasteiger partial charge in [0.05, 0.1) is 0 Å². The summed E-state index contributed by atoms with van der Waals surface area (Å²) < 4.78 is 0. The Kier molecular flexibility index (Phi) is 4.98. The van der Waals surface area contributed by atoms with Crippen molar-refractivity contribution in [1.29, 1.82) is 0 Å². The summed E-state index contributed by atoms with van der Waals surface area (Å²) >= 11 is 0. The zero-order valence-electron chi connectivity index (χ0n) is 41.3. The molecule has 0 aromatic heterocycles. The largest absolute Gasteiger partial charge is 0.0616 e. The summed E-state index contributed by atoms with van der Waals surface area (Å²) in [6.45, 7) is 0. The van der Waals surface area contributed by atoms with Gasteiger partial charge in [-0.3, -0.25) is 0 Å². The third-order valence-electron chi connectivity index (χ3n) is 21.5. The maximum Gasteiger partial charge on any atom is -0.000000761 e. The number of fused-ring (bicyclic) bond motifs is 18. The summed E-state index contributed by atoms with van der Waals surface area (Å²) in [5, 5.41) is 67.6. The molecule has 25 aromatic rings. The van der Waals surface area contributed by atoms with Gasteiger partial charge in [-0.25, -0.2) is 0 Å². The molecule has 0 nitrogen and oxygen atoms in total. The third kappa shape index (κ3) is 3.17. The van der Waals surface area contributed by atoms with Gasteiger partial charge in [-0.05, 0) is 295 Å². The lowest BCUT2D eigenvalue weighted by molar-refractivity contribution is 1.81. The number of rotatable bonds is 0. The van der Waals surface area contributed by atoms with Gasteiger partial charge < -0.3 is 0 Å². The molecule has 0 bridgehead atoms. The van der Waals surface area contributed by atoms with Gasteiger partial charge in [0.2, 0.25) is 0 Å². The minimum Gasteiger partial charge on any atom is -0.0616 e. The van der Waals surface area contributed by atoms with Gasteiger partial charge in [-0.2, -0.15) is 0 Å². The van der Waals surface area contributed by atoms with Gasteiger partial charge in [0.25, 0.3) is 0 Å². The minimum atomic E-state index is 1.34. The Morgan fingerprint density at radius 1 is 0.0897 bits per heavy atom. The van der Waals surface area contributed by atoms with Crippen molar-refractivity contribution in [3.05, 3.63) is 182 Å². The van der Waals surface area contributed by atoms with Crippen LogP contribution in [0.3, 0.4) is 0 Å². The predicted octanol–water partition coefficient (Wildman–Crippen LogP) is 22.6. The van der Waals surface area contributed by atoms with E-state index in [1.54, 1.807) is 0 Å². The first-order valence-electron chi connectivity index (χ1n) is 27.9. The Morgan fingerprint density at radius 2 is 0.179 bits per heavy atom. The van der Waals surface area contributed by atoms with Crippen molar-refractivity contribution in [3.63, 3.8) is 0 Å². The lowest BCUT2D eigenvalue weighted by atomic mass is 9.68. The third-order valence-corrected chi connectivity index (χ3v) is 21.5. The summed E-state index contributed by atoms with van der Waals surface area (Å²) in [7, 11) is 0. The van der Waals surface area contributed by atoms with Crippen LogP contribution in [-0.2, 0) is 0 Å². The second-order valence-electron chi connectivity index (χ2n) is 24.1. The van der Waals surface area contributed by atoms with E-state index in [0.717, 1.165) is 0 Å². The van der Waals surface area contributed by atoms with Crippen LogP contribution in [0.5, 0.6) is 0 Å². The average molecular weight is 967 g/mol. The zero-order valence-corrected chi connectivity index (χ0v) is 41.3. The minimum absolute atomic E-state index is 1.34. The highest BCUT2D eigenvalue weighted by molar-refractivity contribution is 6.70. The van der Waals surface area contributed by atoms with Gasteiger partial charge in [-0.15, -0.1) is 0 Å². The lowest BCUT2D eigenvalue weighted by Gasteiger charge is -2.34. The Balaban J connectivity index is 1.19. The van der Waals surface area contributed by atoms with E-state index in [9.17, 15) is 0 Å². The van der Waals surface area contributed by atoms with E-state index in [1.807, 2.05) is 0 Å². The summed E-state index contributed by atoms with van der Waals surface area (Å²) in [4.78, 5) is 0. The Bertz CT molecular complexity index is 5630. The van der Waals surface area contributed by atoms with Crippen LogP contribution >= 0.6 is 0 Å². The standard InChI is InChI=1S/C78H30/c1-2-14-32-31(13-1)43-25-45-33-15-3-4-16-34(33)47-27-49-37-19-7-8-20-38(37)51-29-52-40-22-10-12-24-42(40)54-30-53-41-23-11-9-21-39(41)50-28-48-36-18-6-5-17-35(36)46-26-44(32)56-55(43)67-57(45)59(47)69-61(49)62(51)71-64(52)66(54)72-65(53)63(50)70-60(48)58(46)68(56)74-73(67)75(69)77(71)78(72)76(70)74/h1-30H. The molecule has 0 aliphatic heterocycles. The lowest BCUT2D eigenvalue weighted by Crippen LogP contribution is -2.05. The molecule has 0 unspecified atom stereocenters. The van der Waals surface area contributed by atoms with Gasteiger partial charge in [0, 0.05) is 0 Å². The molecule has 0 atom stereocenters. The Labute approximate surface area is 438 Å². The first-order valence-corrected chi connectivity index (χ1v) is 27.9. The van der Waals surface area contributed by atoms with Gasteiger partial charge in [0.1, 0.15) is 0 Å². The van der Waals surface area contributed by atoms with Crippen LogP contribution in [0.2, 0.25) is 0 Å². The van der Waals surface area contributed by atoms with Crippen LogP contribution in [0.25, 0.3) is 259 Å². The molecule has 25 aromatic carbocycles. The fourth-order valence-corrected chi connectivity index (χ4v) is 19.2. The van der Waals surface area contributed by atoms with Crippen molar-refractivity contribution in [2.75, 3.05) is 0 Å². The van der Waals surface area contributed by atoms with Crippen LogP contribution in [0.15, 0.2) is 182 Å². The molecule has 78 heavy (non-hydrogen) atoms. The molecule has 0 radical (unpaired) electrons. The first kappa shape index (κ1) is 35.9. The Hall–Kier alpha value is -10.1. The van der Waals surface area contributed by atoms with E-state index in [-0.39, 0.29) is 0 Å². The molecule has 0 aliphatic carbocycles. The van der Waals surface area contributed by atoms with Crippen LogP contribution in [-0.4, -0.2) is 0 Å². The predicted molar refractivity (Wildman–Crippen MR) is 341 cm³/mol. The van der Waals surface area contributed by atoms with Crippen molar-refractivity contribution in [1.82, 2.24) is 0 Å². The van der Waals surface area contributed by atoms with Crippen LogP contribution in [0.1, 0.15) is 0 Å². The average Bonchev–Trinajstić information content (AvgIpc) is 0.906. The second-order valence-corrected chi connectivity index (χ2v) is 24.1. The van der Waals surface area contributed by atoms with Crippen molar-refractivity contribution in [2.24, 2.45) is 0 Å². The van der Waals surface area contributed by atoms with E-state index in [0.29, 0.717) is 0 Å². The quantitative estimate of drug-likeness (QED) is 0.105. The molecule has 0 aliphatic rings. The monoisotopic (exact) mass is 966 g/mol. The SMILES string of the molecule is c1ccc2c(c1)c1cc3c4ccccc4c4cc5c6ccccc6c6cc7c8ccccc8c8cc9c%10ccccc%10c%10cc%11c%12ccccc%12c%12cc2c2c1c1c3c4c3c5c6c4c7c8c5c9c%10c6c%11c%12c2c2c1c3c4c5c62. The van der Waals surface area contributed by atoms with Gasteiger partial charge >= 0.3 is 0 Å². The van der Waals surface area contributed by atoms with Crippen molar-refractivity contribution in [2.45, 2.75) is 0 Å². The second kappa shape index (κ2) is 10.8. The highest BCUT2D eigenvalue weighted by Crippen LogP contribution is 2.68. The molecule has 25 rings (SSSR count). The van der Waals surface area contributed by atoms with Crippen molar-refractivity contribution in [3.8, 4) is 0 Å². The van der Waals surface area contributed by atoms with Crippen LogP contribution < -0.4 is 0 Å². The topological polar surface area (TPSA) is 0 Å². The molecule has 0 spiro atoms. The van der Waals surface area contributed by atoms with Crippen molar-refractivity contribution >= 4 is 259 Å². The van der Waals surface area contributed by atoms with E-state index in [1.165, 1.54) is 259 Å². The van der Waals surface area contributed by atoms with E-state index < -0.39 is 0 Å². The molecular weight excluding hydrogens is 937 g/mol. The van der Waals surface area contributed by atoms with E-state index >= 15 is 0 Å². The first-order chi connectivity index (χ1) is 38.8. The summed E-state index contributed by atoms with van der Waals surface area (Å²) in [6.07, 6.45) is 0. The summed E-state index contributed by atoms with van der Waals surface area (Å²) in [5.74, 6) is 0. The van der Waals surface area contributed by atoms with Gasteiger partial charge in [0.15, 0.2) is 0 Å². The fraction of sp³-hybridized carbons (Fsp3) is 0. The molecule has 342 valence electrons. The van der Waals surface area contributed by atoms with E-state index in [4.69, 9.17) is 0 Å². The van der Waals surface area contributed by atoms with E-state index in [2.05, 4.69) is 182 Å². The maximum atomic E-state index is 2.65. The smallest absolute Gasteiger partial charge is 0.000000761 e. The molecule has 0 heterocycles. The normalized spacial score (nSPS) is 14.2. The van der Waals surface area contributed by atoms with Crippen LogP contribution in [0, 0.1) is 0 Å². The molecular formula is C78H30. The highest BCUT2D eigenvalue weighted by Gasteiger charge is 2.38. The van der Waals surface area contributed by atoms with Gasteiger partial charge in [-0.1, -0.05) is 146 Å². The molecule has 0 N–H and O–H groups in total. The Morgan fingerprint density at radius 3 is 0.282 bits per heavy atom. The highest BCUT2D eigenvalue weighted by atomic mass is 14.4. The molecule has 0 fully saturated rings. The molecule has 0 amide bonds. The number of benzene rings is 25. The molecule has 0 saturated carbocycles.